The van der Waals surface area contributed by atoms with Crippen molar-refractivity contribution in [2.24, 2.45) is 0 Å². The first-order valence-electron chi connectivity index (χ1n) is 7.03. The largest absolute Gasteiger partial charge is 0.341 e. The highest BCUT2D eigenvalue weighted by Crippen LogP contribution is 2.22. The van der Waals surface area contributed by atoms with E-state index in [0.717, 1.165) is 19.6 Å². The average molecular weight is 268 g/mol. The minimum absolute atomic E-state index is 0.859. The van der Waals surface area contributed by atoms with E-state index in [2.05, 4.69) is 56.8 Å². The Balaban J connectivity index is 2.03. The van der Waals surface area contributed by atoms with Gasteiger partial charge in [-0.15, -0.1) is 0 Å². The second-order valence-corrected chi connectivity index (χ2v) is 5.00. The van der Waals surface area contributed by atoms with Gasteiger partial charge < -0.3 is 14.5 Å². The van der Waals surface area contributed by atoms with Crippen molar-refractivity contribution in [3.63, 3.8) is 0 Å². The Kier molecular flexibility index (Phi) is 3.56. The normalized spacial score (nSPS) is 11.3. The molecule has 2 heterocycles. The van der Waals surface area contributed by atoms with Gasteiger partial charge in [-0.2, -0.15) is 0 Å². The topological polar surface area (TPSA) is 34.8 Å². The summed E-state index contributed by atoms with van der Waals surface area (Å²) in [4.78, 5) is 4.25. The molecule has 0 aliphatic heterocycles. The molecule has 0 unspecified atom stereocenters. The molecular formula is C16H20N4. The van der Waals surface area contributed by atoms with Crippen molar-refractivity contribution < 1.29 is 0 Å². The third-order valence-corrected chi connectivity index (χ3v) is 3.71. The lowest BCUT2D eigenvalue weighted by molar-refractivity contribution is 0.677. The SMILES string of the molecule is CCn1cncc1Cn1cc(CNC)c2ccccc21. The third kappa shape index (κ3) is 2.23. The number of fused-ring (bicyclic) bond motifs is 1. The number of nitrogens with zero attached hydrogens (tertiary/aromatic N) is 3. The third-order valence-electron chi connectivity index (χ3n) is 3.71. The summed E-state index contributed by atoms with van der Waals surface area (Å²) in [5, 5.41) is 4.56. The van der Waals surface area contributed by atoms with Crippen LogP contribution in [0.4, 0.5) is 0 Å². The molecule has 0 amide bonds. The highest BCUT2D eigenvalue weighted by atomic mass is 15.1. The van der Waals surface area contributed by atoms with Crippen LogP contribution in [0.3, 0.4) is 0 Å². The Morgan fingerprint density at radius 2 is 2.05 bits per heavy atom. The van der Waals surface area contributed by atoms with E-state index < -0.39 is 0 Å². The number of aryl methyl sites for hydroxylation is 1. The van der Waals surface area contributed by atoms with Gasteiger partial charge in [0.1, 0.15) is 0 Å². The first-order valence-corrected chi connectivity index (χ1v) is 7.03. The molecule has 0 saturated heterocycles. The summed E-state index contributed by atoms with van der Waals surface area (Å²) in [6.07, 6.45) is 6.10. The van der Waals surface area contributed by atoms with E-state index in [1.165, 1.54) is 22.2 Å². The zero-order valence-corrected chi connectivity index (χ0v) is 12.0. The van der Waals surface area contributed by atoms with Gasteiger partial charge in [0.25, 0.3) is 0 Å². The molecule has 0 fully saturated rings. The van der Waals surface area contributed by atoms with E-state index in [-0.39, 0.29) is 0 Å². The van der Waals surface area contributed by atoms with Crippen LogP contribution in [0, 0.1) is 0 Å². The van der Waals surface area contributed by atoms with E-state index in [9.17, 15) is 0 Å². The molecule has 4 heteroatoms. The Hall–Kier alpha value is -2.07. The summed E-state index contributed by atoms with van der Waals surface area (Å²) in [5.74, 6) is 0. The number of rotatable bonds is 5. The molecule has 1 N–H and O–H groups in total. The monoisotopic (exact) mass is 268 g/mol. The van der Waals surface area contributed by atoms with Crippen LogP contribution in [-0.2, 0) is 19.6 Å². The van der Waals surface area contributed by atoms with Gasteiger partial charge in [0.15, 0.2) is 0 Å². The van der Waals surface area contributed by atoms with Crippen LogP contribution < -0.4 is 5.32 Å². The molecule has 20 heavy (non-hydrogen) atoms. The summed E-state index contributed by atoms with van der Waals surface area (Å²) < 4.78 is 4.50. The van der Waals surface area contributed by atoms with Gasteiger partial charge in [0, 0.05) is 36.4 Å². The fraction of sp³-hybridized carbons (Fsp3) is 0.312. The molecule has 4 nitrogen and oxygen atoms in total. The predicted molar refractivity (Wildman–Crippen MR) is 81.7 cm³/mol. The van der Waals surface area contributed by atoms with Crippen LogP contribution >= 0.6 is 0 Å². The lowest BCUT2D eigenvalue weighted by atomic mass is 10.2. The van der Waals surface area contributed by atoms with Crippen LogP contribution in [0.5, 0.6) is 0 Å². The number of aromatic nitrogens is 3. The van der Waals surface area contributed by atoms with Crippen molar-refractivity contribution in [2.45, 2.75) is 26.6 Å². The summed E-state index contributed by atoms with van der Waals surface area (Å²) >= 11 is 0. The van der Waals surface area contributed by atoms with Gasteiger partial charge in [0.05, 0.1) is 18.6 Å². The zero-order valence-electron chi connectivity index (χ0n) is 12.0. The highest BCUT2D eigenvalue weighted by molar-refractivity contribution is 5.84. The van der Waals surface area contributed by atoms with E-state index in [4.69, 9.17) is 0 Å². The number of hydrogen-bond acceptors (Lipinski definition) is 2. The molecule has 0 bridgehead atoms. The standard InChI is InChI=1S/C16H20N4/c1-3-19-12-18-9-14(19)11-20-10-13(8-17-2)15-6-4-5-7-16(15)20/h4-7,9-10,12,17H,3,8,11H2,1-2H3. The molecule has 0 atom stereocenters. The summed E-state index contributed by atoms with van der Waals surface area (Å²) in [6.45, 7) is 4.85. The van der Waals surface area contributed by atoms with Crippen molar-refractivity contribution in [3.8, 4) is 0 Å². The molecule has 3 rings (SSSR count). The highest BCUT2D eigenvalue weighted by Gasteiger charge is 2.09. The van der Waals surface area contributed by atoms with Gasteiger partial charge in [-0.25, -0.2) is 4.98 Å². The van der Waals surface area contributed by atoms with Gasteiger partial charge >= 0.3 is 0 Å². The number of para-hydroxylation sites is 1. The van der Waals surface area contributed by atoms with Crippen LogP contribution in [0.25, 0.3) is 10.9 Å². The molecule has 0 spiro atoms. The smallest absolute Gasteiger partial charge is 0.0948 e. The second-order valence-electron chi connectivity index (χ2n) is 5.00. The lowest BCUT2D eigenvalue weighted by Gasteiger charge is -2.07. The van der Waals surface area contributed by atoms with Crippen LogP contribution in [-0.4, -0.2) is 21.2 Å². The first kappa shape index (κ1) is 12.9. The van der Waals surface area contributed by atoms with Crippen LogP contribution in [0.15, 0.2) is 43.0 Å². The molecule has 1 aromatic carbocycles. The Labute approximate surface area is 119 Å². The molecule has 104 valence electrons. The Morgan fingerprint density at radius 3 is 2.85 bits per heavy atom. The summed E-state index contributed by atoms with van der Waals surface area (Å²) in [5.41, 5.74) is 3.86. The van der Waals surface area contributed by atoms with Gasteiger partial charge in [-0.1, -0.05) is 18.2 Å². The number of imidazole rings is 1. The Bertz CT molecular complexity index is 708. The molecule has 0 aliphatic carbocycles. The van der Waals surface area contributed by atoms with Gasteiger partial charge in [0.2, 0.25) is 0 Å². The average Bonchev–Trinajstić information content (AvgIpc) is 3.06. The van der Waals surface area contributed by atoms with Crippen molar-refractivity contribution in [1.29, 1.82) is 0 Å². The van der Waals surface area contributed by atoms with Gasteiger partial charge in [-0.05, 0) is 25.6 Å². The second kappa shape index (κ2) is 5.51. The summed E-state index contributed by atoms with van der Waals surface area (Å²) in [7, 11) is 1.98. The minimum atomic E-state index is 0.859. The van der Waals surface area contributed by atoms with Gasteiger partial charge in [-0.3, -0.25) is 0 Å². The van der Waals surface area contributed by atoms with Crippen molar-refractivity contribution >= 4 is 10.9 Å². The molecule has 0 aliphatic rings. The number of benzene rings is 1. The lowest BCUT2D eigenvalue weighted by Crippen LogP contribution is -2.06. The van der Waals surface area contributed by atoms with Crippen molar-refractivity contribution in [3.05, 3.63) is 54.2 Å². The van der Waals surface area contributed by atoms with Crippen LogP contribution in [0.2, 0.25) is 0 Å². The van der Waals surface area contributed by atoms with Crippen molar-refractivity contribution in [1.82, 2.24) is 19.4 Å². The number of hydrogen-bond donors (Lipinski definition) is 1. The van der Waals surface area contributed by atoms with Crippen LogP contribution in [0.1, 0.15) is 18.2 Å². The van der Waals surface area contributed by atoms with Crippen molar-refractivity contribution in [2.75, 3.05) is 7.05 Å². The maximum atomic E-state index is 4.25. The molecular weight excluding hydrogens is 248 g/mol. The first-order chi connectivity index (χ1) is 9.83. The Morgan fingerprint density at radius 1 is 1.20 bits per heavy atom. The minimum Gasteiger partial charge on any atom is -0.341 e. The number of nitrogens with one attached hydrogen (secondary N) is 1. The van der Waals surface area contributed by atoms with E-state index in [1.54, 1.807) is 0 Å². The molecule has 3 aromatic rings. The fourth-order valence-electron chi connectivity index (χ4n) is 2.72. The molecule has 0 saturated carbocycles. The molecule has 2 aromatic heterocycles. The maximum absolute atomic E-state index is 4.25. The van der Waals surface area contributed by atoms with E-state index in [0.29, 0.717) is 0 Å². The quantitative estimate of drug-likeness (QED) is 0.772. The maximum Gasteiger partial charge on any atom is 0.0948 e. The molecule has 0 radical (unpaired) electrons. The zero-order chi connectivity index (χ0) is 13.9. The summed E-state index contributed by atoms with van der Waals surface area (Å²) in [6, 6.07) is 8.57. The fourth-order valence-corrected chi connectivity index (χ4v) is 2.72. The predicted octanol–water partition coefficient (Wildman–Crippen LogP) is 2.63. The van der Waals surface area contributed by atoms with E-state index >= 15 is 0 Å². The van der Waals surface area contributed by atoms with E-state index in [1.807, 2.05) is 19.6 Å².